The second-order valence-electron chi connectivity index (χ2n) is 5.81. The molecule has 26 heavy (non-hydrogen) atoms. The summed E-state index contributed by atoms with van der Waals surface area (Å²) >= 11 is 4.21. The molecule has 0 bridgehead atoms. The van der Waals surface area contributed by atoms with Gasteiger partial charge in [-0.2, -0.15) is 8.75 Å². The van der Waals surface area contributed by atoms with E-state index in [1.807, 2.05) is 0 Å². The van der Waals surface area contributed by atoms with Gasteiger partial charge >= 0.3 is 0 Å². The quantitative estimate of drug-likeness (QED) is 0.573. The summed E-state index contributed by atoms with van der Waals surface area (Å²) < 4.78 is 22.5. The van der Waals surface area contributed by atoms with Gasteiger partial charge in [0.05, 0.1) is 22.5 Å². The zero-order valence-corrected chi connectivity index (χ0v) is 18.4. The first kappa shape index (κ1) is 21.1. The Labute approximate surface area is 169 Å². The van der Waals surface area contributed by atoms with Gasteiger partial charge in [0.25, 0.3) is 0 Å². The monoisotopic (exact) mass is 429 g/mol. The molecule has 2 aromatic rings. The van der Waals surface area contributed by atoms with Crippen LogP contribution >= 0.6 is 34.8 Å². The summed E-state index contributed by atoms with van der Waals surface area (Å²) in [5, 5.41) is 10.4. The Morgan fingerprint density at radius 3 is 2.81 bits per heavy atom. The average Bonchev–Trinajstić information content (AvgIpc) is 3.24. The van der Waals surface area contributed by atoms with Crippen molar-refractivity contribution < 1.29 is 4.21 Å². The van der Waals surface area contributed by atoms with Gasteiger partial charge < -0.3 is 10.6 Å². The first-order valence-corrected chi connectivity index (χ1v) is 11.5. The molecule has 2 aromatic heterocycles. The van der Waals surface area contributed by atoms with E-state index in [4.69, 9.17) is 0 Å². The molecule has 0 fully saturated rings. The molecule has 0 radical (unpaired) electrons. The molecule has 0 aliphatic rings. The summed E-state index contributed by atoms with van der Waals surface area (Å²) in [6.07, 6.45) is 1.74. The topological polar surface area (TPSA) is 70.1 Å². The van der Waals surface area contributed by atoms with Gasteiger partial charge in [-0.15, -0.1) is 11.3 Å². The third-order valence-electron chi connectivity index (χ3n) is 3.27. The van der Waals surface area contributed by atoms with E-state index < -0.39 is 11.0 Å². The van der Waals surface area contributed by atoms with Gasteiger partial charge in [0.2, 0.25) is 0 Å². The minimum absolute atomic E-state index is 0.539. The molecule has 0 spiro atoms. The number of nitrogens with one attached hydrogen (secondary N) is 2. The van der Waals surface area contributed by atoms with Crippen molar-refractivity contribution in [1.82, 2.24) is 13.1 Å². The van der Waals surface area contributed by atoms with Crippen LogP contribution in [0.15, 0.2) is 33.9 Å². The summed E-state index contributed by atoms with van der Waals surface area (Å²) in [5.41, 5.74) is 1.36. The zero-order valence-electron chi connectivity index (χ0n) is 15.2. The Kier molecular flexibility index (Phi) is 8.29. The minimum atomic E-state index is -1.20. The number of thioether (sulfide) groups is 1. The van der Waals surface area contributed by atoms with E-state index in [9.17, 15) is 4.21 Å². The average molecular weight is 430 g/mol. The van der Waals surface area contributed by atoms with Crippen LogP contribution < -0.4 is 10.6 Å². The van der Waals surface area contributed by atoms with E-state index in [2.05, 4.69) is 51.3 Å². The summed E-state index contributed by atoms with van der Waals surface area (Å²) in [6, 6.07) is 2.22. The molecule has 0 saturated carbocycles. The number of nitrogens with zero attached hydrogens (tertiary/aromatic N) is 3. The summed E-state index contributed by atoms with van der Waals surface area (Å²) in [4.78, 5) is 1.27. The van der Waals surface area contributed by atoms with Gasteiger partial charge in [0, 0.05) is 11.1 Å². The predicted octanol–water partition coefficient (Wildman–Crippen LogP) is 4.65. The molecule has 0 aliphatic heterocycles. The summed E-state index contributed by atoms with van der Waals surface area (Å²) in [6.45, 7) is 8.91. The summed E-state index contributed by atoms with van der Waals surface area (Å²) in [7, 11) is 2.30. The Morgan fingerprint density at radius 2 is 2.15 bits per heavy atom. The zero-order chi connectivity index (χ0) is 19.1. The number of hydrogen-bond donors (Lipinski definition) is 2. The molecule has 1 atom stereocenters. The van der Waals surface area contributed by atoms with Crippen molar-refractivity contribution in [3.63, 3.8) is 0 Å². The van der Waals surface area contributed by atoms with E-state index >= 15 is 0 Å². The van der Waals surface area contributed by atoms with Gasteiger partial charge in [-0.3, -0.25) is 0 Å². The molecule has 142 valence electrons. The highest BCUT2D eigenvalue weighted by Gasteiger charge is 2.09. The van der Waals surface area contributed by atoms with Crippen LogP contribution in [0.4, 0.5) is 11.6 Å². The van der Waals surface area contributed by atoms with Crippen LogP contribution in [0.25, 0.3) is 0 Å². The molecule has 10 heteroatoms. The SMILES string of the molecule is C=C(S/C=C/Nc1nsnc1NCc1cc(C(C)C)cs1)S(=O)N(C)C. The Hall–Kier alpha value is -1.20. The second-order valence-corrected chi connectivity index (χ2v) is 10.3. The fraction of sp³-hybridized carbons (Fsp3) is 0.375. The van der Waals surface area contributed by atoms with Crippen molar-refractivity contribution >= 4 is 57.4 Å². The maximum absolute atomic E-state index is 11.8. The van der Waals surface area contributed by atoms with Gasteiger partial charge in [-0.1, -0.05) is 32.2 Å². The third kappa shape index (κ3) is 6.20. The second kappa shape index (κ2) is 10.2. The first-order valence-electron chi connectivity index (χ1n) is 7.88. The molecule has 6 nitrogen and oxygen atoms in total. The molecule has 0 aromatic carbocycles. The highest BCUT2D eigenvalue weighted by atomic mass is 32.2. The lowest BCUT2D eigenvalue weighted by Gasteiger charge is -2.09. The van der Waals surface area contributed by atoms with Crippen LogP contribution in [0.3, 0.4) is 0 Å². The van der Waals surface area contributed by atoms with Crippen LogP contribution in [0.5, 0.6) is 0 Å². The van der Waals surface area contributed by atoms with E-state index in [0.29, 0.717) is 22.5 Å². The summed E-state index contributed by atoms with van der Waals surface area (Å²) in [5.74, 6) is 1.93. The molecule has 0 amide bonds. The van der Waals surface area contributed by atoms with Gasteiger partial charge in [-0.05, 0) is 42.4 Å². The van der Waals surface area contributed by atoms with Crippen LogP contribution in [-0.4, -0.2) is 31.4 Å². The fourth-order valence-corrected chi connectivity index (χ4v) is 4.95. The minimum Gasteiger partial charge on any atom is -0.361 e. The molecule has 2 heterocycles. The van der Waals surface area contributed by atoms with Crippen molar-refractivity contribution in [2.45, 2.75) is 26.3 Å². The van der Waals surface area contributed by atoms with Crippen molar-refractivity contribution in [3.05, 3.63) is 44.3 Å². The maximum Gasteiger partial charge on any atom is 0.188 e. The van der Waals surface area contributed by atoms with Crippen molar-refractivity contribution in [2.75, 3.05) is 24.7 Å². The lowest BCUT2D eigenvalue weighted by atomic mass is 10.1. The molecular formula is C16H23N5OS4. The van der Waals surface area contributed by atoms with E-state index in [1.165, 1.54) is 22.2 Å². The normalized spacial score (nSPS) is 12.8. The number of hydrogen-bond acceptors (Lipinski definition) is 8. The first-order chi connectivity index (χ1) is 12.4. The standard InChI is InChI=1S/C16H23N5OS4/c1-11(2)13-8-14(24-10-13)9-18-16-15(19-25-20-16)17-6-7-23-12(3)26(22)21(4)5/h6-8,10-11H,3,9H2,1-2,4-5H3,(H,17,19)(H,18,20)/b7-6+. The maximum atomic E-state index is 11.8. The fourth-order valence-electron chi connectivity index (χ4n) is 1.83. The molecule has 0 aliphatic carbocycles. The van der Waals surface area contributed by atoms with Crippen LogP contribution in [0.2, 0.25) is 0 Å². The Morgan fingerprint density at radius 1 is 1.42 bits per heavy atom. The molecule has 2 N–H and O–H groups in total. The van der Waals surface area contributed by atoms with Crippen molar-refractivity contribution in [2.24, 2.45) is 0 Å². The lowest BCUT2D eigenvalue weighted by molar-refractivity contribution is 0.610. The highest BCUT2D eigenvalue weighted by molar-refractivity contribution is 8.17. The number of rotatable bonds is 10. The van der Waals surface area contributed by atoms with Crippen LogP contribution in [0.1, 0.15) is 30.2 Å². The third-order valence-corrected chi connectivity index (χ3v) is 7.06. The molecule has 2 rings (SSSR count). The van der Waals surface area contributed by atoms with Gasteiger partial charge in [-0.25, -0.2) is 8.51 Å². The molecule has 0 saturated heterocycles. The Balaban J connectivity index is 1.85. The van der Waals surface area contributed by atoms with Crippen LogP contribution in [-0.2, 0) is 17.5 Å². The van der Waals surface area contributed by atoms with E-state index in [1.54, 1.807) is 41.3 Å². The largest absolute Gasteiger partial charge is 0.361 e. The smallest absolute Gasteiger partial charge is 0.188 e. The van der Waals surface area contributed by atoms with Crippen molar-refractivity contribution in [1.29, 1.82) is 0 Å². The Bertz CT molecular complexity index is 781. The van der Waals surface area contributed by atoms with Gasteiger partial charge in [0.1, 0.15) is 11.0 Å². The number of anilines is 2. The van der Waals surface area contributed by atoms with Gasteiger partial charge in [0.15, 0.2) is 11.6 Å². The van der Waals surface area contributed by atoms with Crippen LogP contribution in [0, 0.1) is 0 Å². The van der Waals surface area contributed by atoms with E-state index in [0.717, 1.165) is 17.5 Å². The molecule has 1 unspecified atom stereocenters. The van der Waals surface area contributed by atoms with Crippen molar-refractivity contribution in [3.8, 4) is 0 Å². The number of aromatic nitrogens is 2. The van der Waals surface area contributed by atoms with E-state index in [-0.39, 0.29) is 0 Å². The highest BCUT2D eigenvalue weighted by Crippen LogP contribution is 2.25. The number of thiophene rings is 1. The lowest BCUT2D eigenvalue weighted by Crippen LogP contribution is -2.14. The predicted molar refractivity (Wildman–Crippen MR) is 117 cm³/mol. The molecular weight excluding hydrogens is 406 g/mol.